The molecule has 1 amide bonds. The van der Waals surface area contributed by atoms with Gasteiger partial charge in [0.2, 0.25) is 0 Å². The summed E-state index contributed by atoms with van der Waals surface area (Å²) < 4.78 is 12.9. The molecule has 1 fully saturated rings. The lowest BCUT2D eigenvalue weighted by molar-refractivity contribution is -0.268. The van der Waals surface area contributed by atoms with Gasteiger partial charge in [-0.05, 0) is 47.5 Å². The van der Waals surface area contributed by atoms with Crippen LogP contribution < -0.4 is 5.32 Å². The first-order chi connectivity index (χ1) is 19.9. The summed E-state index contributed by atoms with van der Waals surface area (Å²) in [6, 6.07) is 27.1. The molecule has 1 saturated heterocycles. The standard InChI is InChI=1S/C32H30N2O6S/c1-20-27(19-41-30-26(31(37)38)8-5-17-33-30)39-32(40-28(20)22-11-9-21(18-35)10-12-22)24-13-15-25(16-14-24)34-29(36)23-6-3-2-4-7-23/h2-17,20,27-28,32,35H,18-19H2,1H3,(H,34,36)(H,37,38). The van der Waals surface area contributed by atoms with Crippen molar-refractivity contribution in [3.05, 3.63) is 125 Å². The largest absolute Gasteiger partial charge is 0.478 e. The van der Waals surface area contributed by atoms with E-state index in [4.69, 9.17) is 9.47 Å². The van der Waals surface area contributed by atoms with Gasteiger partial charge >= 0.3 is 5.97 Å². The summed E-state index contributed by atoms with van der Waals surface area (Å²) in [6.45, 7) is 2.00. The fourth-order valence-corrected chi connectivity index (χ4v) is 5.81. The number of rotatable bonds is 9. The molecule has 0 saturated carbocycles. The molecule has 1 aliphatic heterocycles. The summed E-state index contributed by atoms with van der Waals surface area (Å²) in [4.78, 5) is 28.5. The Morgan fingerprint density at radius 3 is 2.29 bits per heavy atom. The lowest BCUT2D eigenvalue weighted by Crippen LogP contribution is -2.38. The Labute approximate surface area is 242 Å². The quantitative estimate of drug-likeness (QED) is 0.206. The van der Waals surface area contributed by atoms with Gasteiger partial charge in [-0.3, -0.25) is 4.79 Å². The molecule has 0 aliphatic carbocycles. The van der Waals surface area contributed by atoms with Gasteiger partial charge in [-0.25, -0.2) is 9.78 Å². The molecule has 0 radical (unpaired) electrons. The summed E-state index contributed by atoms with van der Waals surface area (Å²) in [5, 5.41) is 22.4. The molecule has 4 aromatic rings. The SMILES string of the molecule is CC1C(CSc2ncccc2C(=O)O)OC(c2ccc(NC(=O)c3ccccc3)cc2)OC1c1ccc(CO)cc1. The van der Waals surface area contributed by atoms with Gasteiger partial charge in [0, 0.05) is 34.7 Å². The van der Waals surface area contributed by atoms with Crippen LogP contribution in [0.1, 0.15) is 56.7 Å². The maximum atomic E-state index is 12.6. The number of hydrogen-bond donors (Lipinski definition) is 3. The van der Waals surface area contributed by atoms with E-state index < -0.39 is 12.3 Å². The zero-order valence-corrected chi connectivity index (χ0v) is 23.2. The maximum absolute atomic E-state index is 12.6. The summed E-state index contributed by atoms with van der Waals surface area (Å²) >= 11 is 1.34. The number of carbonyl (C=O) groups is 2. The number of carbonyl (C=O) groups excluding carboxylic acids is 1. The van der Waals surface area contributed by atoms with Gasteiger partial charge in [0.25, 0.3) is 5.91 Å². The monoisotopic (exact) mass is 570 g/mol. The molecule has 41 heavy (non-hydrogen) atoms. The Morgan fingerprint density at radius 2 is 1.61 bits per heavy atom. The van der Waals surface area contributed by atoms with Crippen LogP contribution in [0.2, 0.25) is 0 Å². The van der Waals surface area contributed by atoms with Gasteiger partial charge in [0.05, 0.1) is 24.4 Å². The van der Waals surface area contributed by atoms with Crippen LogP contribution in [-0.4, -0.2) is 38.9 Å². The molecule has 210 valence electrons. The van der Waals surface area contributed by atoms with Gasteiger partial charge in [0.1, 0.15) is 5.03 Å². The highest BCUT2D eigenvalue weighted by atomic mass is 32.2. The number of carboxylic acids is 1. The van der Waals surface area contributed by atoms with Crippen LogP contribution in [0.25, 0.3) is 0 Å². The molecule has 9 heteroatoms. The van der Waals surface area contributed by atoms with Crippen molar-refractivity contribution in [3.8, 4) is 0 Å². The third kappa shape index (κ3) is 6.83. The molecule has 5 rings (SSSR count). The number of benzene rings is 3. The molecule has 8 nitrogen and oxygen atoms in total. The predicted molar refractivity (Wildman–Crippen MR) is 156 cm³/mol. The Morgan fingerprint density at radius 1 is 0.902 bits per heavy atom. The Kier molecular flexibility index (Phi) is 9.11. The fraction of sp³-hybridized carbons (Fsp3) is 0.219. The van der Waals surface area contributed by atoms with Crippen LogP contribution in [0.15, 0.2) is 102 Å². The Bertz CT molecular complexity index is 1480. The van der Waals surface area contributed by atoms with Crippen molar-refractivity contribution in [2.24, 2.45) is 5.92 Å². The van der Waals surface area contributed by atoms with E-state index in [0.717, 1.165) is 16.7 Å². The number of pyridine rings is 1. The molecule has 0 spiro atoms. The smallest absolute Gasteiger partial charge is 0.338 e. The molecule has 0 bridgehead atoms. The van der Waals surface area contributed by atoms with Gasteiger partial charge < -0.3 is 25.0 Å². The van der Waals surface area contributed by atoms with Gasteiger partial charge in [-0.1, -0.05) is 61.5 Å². The van der Waals surface area contributed by atoms with E-state index in [-0.39, 0.29) is 36.2 Å². The minimum atomic E-state index is -1.03. The summed E-state index contributed by atoms with van der Waals surface area (Å²) in [7, 11) is 0. The van der Waals surface area contributed by atoms with Gasteiger partial charge in [-0.15, -0.1) is 11.8 Å². The van der Waals surface area contributed by atoms with Crippen molar-refractivity contribution in [1.29, 1.82) is 0 Å². The average Bonchev–Trinajstić information content (AvgIpc) is 3.01. The van der Waals surface area contributed by atoms with E-state index in [1.807, 2.05) is 73.7 Å². The number of ether oxygens (including phenoxy) is 2. The number of hydrogen-bond acceptors (Lipinski definition) is 7. The highest BCUT2D eigenvalue weighted by Gasteiger charge is 2.38. The molecule has 2 heterocycles. The number of thioether (sulfide) groups is 1. The molecule has 4 atom stereocenters. The number of aliphatic hydroxyl groups is 1. The molecule has 3 N–H and O–H groups in total. The zero-order valence-electron chi connectivity index (χ0n) is 22.3. The third-order valence-corrected chi connectivity index (χ3v) is 8.08. The van der Waals surface area contributed by atoms with Crippen LogP contribution >= 0.6 is 11.8 Å². The third-order valence-electron chi connectivity index (χ3n) is 6.99. The van der Waals surface area contributed by atoms with Crippen molar-refractivity contribution in [2.45, 2.75) is 37.1 Å². The minimum Gasteiger partial charge on any atom is -0.478 e. The Hall–Kier alpha value is -4.02. The van der Waals surface area contributed by atoms with Crippen LogP contribution in [0.5, 0.6) is 0 Å². The second-order valence-electron chi connectivity index (χ2n) is 9.74. The number of aromatic carboxylic acids is 1. The number of nitrogens with one attached hydrogen (secondary N) is 1. The lowest BCUT2D eigenvalue weighted by atomic mass is 9.91. The van der Waals surface area contributed by atoms with Gasteiger partial charge in [-0.2, -0.15) is 0 Å². The van der Waals surface area contributed by atoms with Crippen molar-refractivity contribution in [3.63, 3.8) is 0 Å². The fourth-order valence-electron chi connectivity index (χ4n) is 4.66. The maximum Gasteiger partial charge on any atom is 0.338 e. The highest BCUT2D eigenvalue weighted by Crippen LogP contribution is 2.43. The predicted octanol–water partition coefficient (Wildman–Crippen LogP) is 6.11. The van der Waals surface area contributed by atoms with Crippen molar-refractivity contribution in [2.75, 3.05) is 11.1 Å². The van der Waals surface area contributed by atoms with E-state index in [0.29, 0.717) is 22.0 Å². The molecular formula is C32H30N2O6S. The van der Waals surface area contributed by atoms with Crippen LogP contribution in [-0.2, 0) is 16.1 Å². The number of aromatic nitrogens is 1. The number of nitrogens with zero attached hydrogens (tertiary/aromatic N) is 1. The molecule has 3 aromatic carbocycles. The first kappa shape index (κ1) is 28.5. The van der Waals surface area contributed by atoms with E-state index in [1.165, 1.54) is 11.8 Å². The first-order valence-electron chi connectivity index (χ1n) is 13.2. The number of anilines is 1. The summed E-state index contributed by atoms with van der Waals surface area (Å²) in [5.41, 5.74) is 3.91. The van der Waals surface area contributed by atoms with Crippen LogP contribution in [0, 0.1) is 5.92 Å². The summed E-state index contributed by atoms with van der Waals surface area (Å²) in [6.07, 6.45) is 0.283. The normalized spacial score (nSPS) is 20.3. The zero-order chi connectivity index (χ0) is 28.8. The molecule has 4 unspecified atom stereocenters. The highest BCUT2D eigenvalue weighted by molar-refractivity contribution is 7.99. The van der Waals surface area contributed by atoms with E-state index >= 15 is 0 Å². The average molecular weight is 571 g/mol. The lowest BCUT2D eigenvalue weighted by Gasteiger charge is -2.41. The van der Waals surface area contributed by atoms with Crippen LogP contribution in [0.4, 0.5) is 5.69 Å². The topological polar surface area (TPSA) is 118 Å². The van der Waals surface area contributed by atoms with Crippen molar-refractivity contribution < 1.29 is 29.3 Å². The molecule has 1 aliphatic rings. The number of aliphatic hydroxyl groups excluding tert-OH is 1. The molecular weight excluding hydrogens is 540 g/mol. The van der Waals surface area contributed by atoms with E-state index in [9.17, 15) is 19.8 Å². The number of carboxylic acid groups (broad SMARTS) is 1. The van der Waals surface area contributed by atoms with Crippen LogP contribution in [0.3, 0.4) is 0 Å². The second kappa shape index (κ2) is 13.1. The van der Waals surface area contributed by atoms with Gasteiger partial charge in [0.15, 0.2) is 6.29 Å². The molecule has 1 aromatic heterocycles. The van der Waals surface area contributed by atoms with Crippen molar-refractivity contribution in [1.82, 2.24) is 4.98 Å². The number of amides is 1. The van der Waals surface area contributed by atoms with E-state index in [2.05, 4.69) is 10.3 Å². The van der Waals surface area contributed by atoms with Crippen molar-refractivity contribution >= 4 is 29.3 Å². The van der Waals surface area contributed by atoms with E-state index in [1.54, 1.807) is 30.5 Å². The minimum absolute atomic E-state index is 0.0461. The summed E-state index contributed by atoms with van der Waals surface area (Å²) in [5.74, 6) is -0.827. The second-order valence-corrected chi connectivity index (χ2v) is 10.7. The Balaban J connectivity index is 1.36. The first-order valence-corrected chi connectivity index (χ1v) is 14.2.